The molecule has 21 heavy (non-hydrogen) atoms. The Balaban J connectivity index is 2.52. The van der Waals surface area contributed by atoms with Gasteiger partial charge in [-0.3, -0.25) is 0 Å². The second kappa shape index (κ2) is 7.05. The van der Waals surface area contributed by atoms with E-state index in [2.05, 4.69) is 20.9 Å². The van der Waals surface area contributed by atoms with E-state index in [0.29, 0.717) is 29.0 Å². The van der Waals surface area contributed by atoms with Gasteiger partial charge in [-0.1, -0.05) is 0 Å². The minimum atomic E-state index is -0.346. The molecule has 0 radical (unpaired) electrons. The molecule has 1 aromatic heterocycles. The third-order valence-corrected chi connectivity index (χ3v) is 4.05. The van der Waals surface area contributed by atoms with Crippen LogP contribution in [-0.4, -0.2) is 36.5 Å². The molecule has 0 N–H and O–H groups in total. The third kappa shape index (κ3) is 3.56. The fraction of sp³-hybridized carbons (Fsp3) is 0.500. The Morgan fingerprint density at radius 2 is 2.14 bits per heavy atom. The van der Waals surface area contributed by atoms with Gasteiger partial charge in [-0.05, 0) is 28.9 Å². The highest BCUT2D eigenvalue weighted by molar-refractivity contribution is 9.10. The molecule has 0 spiro atoms. The van der Waals surface area contributed by atoms with Crippen LogP contribution in [-0.2, 0) is 16.0 Å². The number of methoxy groups -OCH3 is 2. The zero-order valence-corrected chi connectivity index (χ0v) is 14.4. The SMILES string of the molecule is COCC(Cn1c(C(C)Cl)nc2cc(F)c(Br)cc21)OC. The summed E-state index contributed by atoms with van der Waals surface area (Å²) in [4.78, 5) is 4.44. The van der Waals surface area contributed by atoms with Gasteiger partial charge < -0.3 is 14.0 Å². The molecule has 2 unspecified atom stereocenters. The van der Waals surface area contributed by atoms with Gasteiger partial charge in [0.05, 0.1) is 40.1 Å². The van der Waals surface area contributed by atoms with Gasteiger partial charge in [0.25, 0.3) is 0 Å². The first-order chi connectivity index (χ1) is 9.97. The van der Waals surface area contributed by atoms with Gasteiger partial charge >= 0.3 is 0 Å². The number of alkyl halides is 1. The number of halogens is 3. The van der Waals surface area contributed by atoms with Crippen LogP contribution in [0, 0.1) is 5.82 Å². The van der Waals surface area contributed by atoms with Crippen LogP contribution in [0.3, 0.4) is 0 Å². The van der Waals surface area contributed by atoms with Crippen LogP contribution < -0.4 is 0 Å². The Hall–Kier alpha value is -0.690. The number of hydrogen-bond acceptors (Lipinski definition) is 3. The van der Waals surface area contributed by atoms with Crippen LogP contribution in [0.1, 0.15) is 18.1 Å². The predicted molar refractivity (Wildman–Crippen MR) is 84.3 cm³/mol. The maximum absolute atomic E-state index is 13.7. The van der Waals surface area contributed by atoms with E-state index < -0.39 is 0 Å². The van der Waals surface area contributed by atoms with Crippen molar-refractivity contribution in [3.63, 3.8) is 0 Å². The van der Waals surface area contributed by atoms with Gasteiger partial charge in [-0.2, -0.15) is 0 Å². The van der Waals surface area contributed by atoms with E-state index >= 15 is 0 Å². The summed E-state index contributed by atoms with van der Waals surface area (Å²) in [5.74, 6) is 0.337. The van der Waals surface area contributed by atoms with Crippen LogP contribution >= 0.6 is 27.5 Å². The molecule has 2 aromatic rings. The first-order valence-corrected chi connectivity index (χ1v) is 7.71. The van der Waals surface area contributed by atoms with Crippen molar-refractivity contribution in [3.8, 4) is 0 Å². The van der Waals surface area contributed by atoms with Crippen LogP contribution in [0.2, 0.25) is 0 Å². The van der Waals surface area contributed by atoms with Crippen molar-refractivity contribution in [2.45, 2.75) is 24.9 Å². The van der Waals surface area contributed by atoms with E-state index in [1.807, 2.05) is 11.5 Å². The van der Waals surface area contributed by atoms with E-state index in [4.69, 9.17) is 21.1 Å². The number of nitrogens with zero attached hydrogens (tertiary/aromatic N) is 2. The highest BCUT2D eigenvalue weighted by Crippen LogP contribution is 2.28. The largest absolute Gasteiger partial charge is 0.382 e. The number of imidazole rings is 1. The summed E-state index contributed by atoms with van der Waals surface area (Å²) >= 11 is 9.41. The molecule has 0 bridgehead atoms. The Bertz CT molecular complexity index is 633. The summed E-state index contributed by atoms with van der Waals surface area (Å²) in [6.07, 6.45) is -0.134. The van der Waals surface area contributed by atoms with Gasteiger partial charge in [0.15, 0.2) is 0 Å². The monoisotopic (exact) mass is 378 g/mol. The number of aromatic nitrogens is 2. The summed E-state index contributed by atoms with van der Waals surface area (Å²) in [5, 5.41) is -0.292. The summed E-state index contributed by atoms with van der Waals surface area (Å²) in [7, 11) is 3.25. The topological polar surface area (TPSA) is 36.3 Å². The quantitative estimate of drug-likeness (QED) is 0.714. The Morgan fingerprint density at radius 3 is 2.71 bits per heavy atom. The fourth-order valence-electron chi connectivity index (χ4n) is 2.22. The highest BCUT2D eigenvalue weighted by atomic mass is 79.9. The van der Waals surface area contributed by atoms with Gasteiger partial charge in [-0.25, -0.2) is 9.37 Å². The molecule has 1 aromatic carbocycles. The van der Waals surface area contributed by atoms with Crippen molar-refractivity contribution in [2.75, 3.05) is 20.8 Å². The third-order valence-electron chi connectivity index (χ3n) is 3.25. The van der Waals surface area contributed by atoms with E-state index in [9.17, 15) is 4.39 Å². The van der Waals surface area contributed by atoms with Crippen molar-refractivity contribution in [1.82, 2.24) is 9.55 Å². The fourth-order valence-corrected chi connectivity index (χ4v) is 2.72. The molecule has 2 rings (SSSR count). The lowest BCUT2D eigenvalue weighted by atomic mass is 10.3. The second-order valence-corrected chi connectivity index (χ2v) is 6.27. The standard InChI is InChI=1S/C14H17BrClFN2O2/c1-8(16)14-18-12-5-11(17)10(15)4-13(12)19(14)6-9(21-3)7-20-2/h4-5,8-9H,6-7H2,1-3H3. The number of ether oxygens (including phenoxy) is 2. The maximum Gasteiger partial charge on any atom is 0.139 e. The Morgan fingerprint density at radius 1 is 1.43 bits per heavy atom. The van der Waals surface area contributed by atoms with Crippen LogP contribution in [0.25, 0.3) is 11.0 Å². The summed E-state index contributed by atoms with van der Waals surface area (Å²) in [6, 6.07) is 3.11. The number of rotatable bonds is 6. The van der Waals surface area contributed by atoms with Gasteiger partial charge in [0, 0.05) is 20.3 Å². The molecule has 4 nitrogen and oxygen atoms in total. The molecule has 0 amide bonds. The lowest BCUT2D eigenvalue weighted by molar-refractivity contribution is 0.0185. The van der Waals surface area contributed by atoms with Crippen LogP contribution in [0.5, 0.6) is 0 Å². The lowest BCUT2D eigenvalue weighted by Crippen LogP contribution is -2.24. The average molecular weight is 380 g/mol. The Kier molecular flexibility index (Phi) is 5.60. The Labute approximate surface area is 136 Å². The second-order valence-electron chi connectivity index (χ2n) is 4.76. The summed E-state index contributed by atoms with van der Waals surface area (Å²) in [6.45, 7) is 2.82. The van der Waals surface area contributed by atoms with Crippen LogP contribution in [0.15, 0.2) is 16.6 Å². The zero-order valence-electron chi connectivity index (χ0n) is 12.1. The van der Waals surface area contributed by atoms with Crippen molar-refractivity contribution in [2.24, 2.45) is 0 Å². The smallest absolute Gasteiger partial charge is 0.139 e. The molecule has 0 fully saturated rings. The van der Waals surface area contributed by atoms with E-state index in [-0.39, 0.29) is 17.3 Å². The number of fused-ring (bicyclic) bond motifs is 1. The van der Waals surface area contributed by atoms with Crippen molar-refractivity contribution >= 4 is 38.6 Å². The van der Waals surface area contributed by atoms with Gasteiger partial charge in [0.2, 0.25) is 0 Å². The summed E-state index contributed by atoms with van der Waals surface area (Å²) in [5.41, 5.74) is 1.38. The summed E-state index contributed by atoms with van der Waals surface area (Å²) < 4.78 is 26.5. The van der Waals surface area contributed by atoms with E-state index in [1.165, 1.54) is 6.07 Å². The lowest BCUT2D eigenvalue weighted by Gasteiger charge is -2.18. The maximum atomic E-state index is 13.7. The molecule has 0 aliphatic carbocycles. The first-order valence-electron chi connectivity index (χ1n) is 6.48. The van der Waals surface area contributed by atoms with Crippen molar-refractivity contribution in [3.05, 3.63) is 28.2 Å². The van der Waals surface area contributed by atoms with Gasteiger partial charge in [0.1, 0.15) is 11.6 Å². The van der Waals surface area contributed by atoms with Crippen molar-refractivity contribution < 1.29 is 13.9 Å². The predicted octanol–water partition coefficient (Wildman–Crippen LogP) is 3.90. The molecule has 0 aliphatic heterocycles. The minimum absolute atomic E-state index is 0.134. The molecule has 7 heteroatoms. The van der Waals surface area contributed by atoms with E-state index in [1.54, 1.807) is 20.3 Å². The first kappa shape index (κ1) is 16.7. The average Bonchev–Trinajstić information content (AvgIpc) is 2.77. The number of hydrogen-bond donors (Lipinski definition) is 0. The molecule has 0 saturated heterocycles. The van der Waals surface area contributed by atoms with Crippen molar-refractivity contribution in [1.29, 1.82) is 0 Å². The van der Waals surface area contributed by atoms with E-state index in [0.717, 1.165) is 5.52 Å². The zero-order chi connectivity index (χ0) is 15.6. The van der Waals surface area contributed by atoms with Gasteiger partial charge in [-0.15, -0.1) is 11.6 Å². The molecular formula is C14H17BrClFN2O2. The molecule has 2 atom stereocenters. The number of benzene rings is 1. The molecular weight excluding hydrogens is 363 g/mol. The highest BCUT2D eigenvalue weighted by Gasteiger charge is 2.19. The molecule has 116 valence electrons. The minimum Gasteiger partial charge on any atom is -0.382 e. The molecule has 0 saturated carbocycles. The molecule has 0 aliphatic rings. The normalized spacial score (nSPS) is 14.6. The van der Waals surface area contributed by atoms with Crippen LogP contribution in [0.4, 0.5) is 4.39 Å². The molecule has 1 heterocycles.